The number of carbonyl (C=O) groups excluding carboxylic acids is 1. The standard InChI is InChI=1S/C33H37NO4/c1-33(2,3)27-15-13-25(14-16-27)30(21-23-9-11-26(12-10-23)32(36)37)31(35)34-28-17-19-29(20-18-28)38-22-24-7-5-4-6-8-24/h9-21,24H,4-8,22H2,1-3H3,(H,34,35)(H,36,37). The van der Waals surface area contributed by atoms with Crippen LogP contribution in [0.15, 0.2) is 72.8 Å². The van der Waals surface area contributed by atoms with Crippen molar-refractivity contribution >= 4 is 29.2 Å². The molecule has 198 valence electrons. The van der Waals surface area contributed by atoms with Gasteiger partial charge in [-0.2, -0.15) is 0 Å². The van der Waals surface area contributed by atoms with Gasteiger partial charge in [0.25, 0.3) is 5.91 Å². The van der Waals surface area contributed by atoms with Gasteiger partial charge in [-0.05, 0) is 83.3 Å². The molecule has 38 heavy (non-hydrogen) atoms. The molecule has 0 aliphatic heterocycles. The number of benzene rings is 3. The molecule has 1 fully saturated rings. The van der Waals surface area contributed by atoms with Crippen molar-refractivity contribution in [3.05, 3.63) is 95.1 Å². The van der Waals surface area contributed by atoms with Gasteiger partial charge in [0.15, 0.2) is 0 Å². The van der Waals surface area contributed by atoms with Gasteiger partial charge in [0.05, 0.1) is 12.2 Å². The Hall–Kier alpha value is -3.86. The number of carboxylic acid groups (broad SMARTS) is 1. The molecule has 2 N–H and O–H groups in total. The minimum Gasteiger partial charge on any atom is -0.493 e. The van der Waals surface area contributed by atoms with E-state index in [1.807, 2.05) is 48.5 Å². The van der Waals surface area contributed by atoms with Crippen molar-refractivity contribution in [1.82, 2.24) is 0 Å². The van der Waals surface area contributed by atoms with Crippen LogP contribution in [0.3, 0.4) is 0 Å². The highest BCUT2D eigenvalue weighted by Gasteiger charge is 2.17. The second kappa shape index (κ2) is 12.1. The maximum absolute atomic E-state index is 13.5. The third-order valence-corrected chi connectivity index (χ3v) is 7.10. The first-order valence-corrected chi connectivity index (χ1v) is 13.4. The lowest BCUT2D eigenvalue weighted by atomic mass is 9.86. The molecule has 0 saturated heterocycles. The monoisotopic (exact) mass is 511 g/mol. The van der Waals surface area contributed by atoms with Crippen molar-refractivity contribution in [3.8, 4) is 5.75 Å². The summed E-state index contributed by atoms with van der Waals surface area (Å²) >= 11 is 0. The highest BCUT2D eigenvalue weighted by atomic mass is 16.5. The van der Waals surface area contributed by atoms with Crippen LogP contribution in [0.4, 0.5) is 5.69 Å². The van der Waals surface area contributed by atoms with Gasteiger partial charge in [-0.25, -0.2) is 4.79 Å². The first kappa shape index (κ1) is 27.2. The van der Waals surface area contributed by atoms with Gasteiger partial charge in [-0.3, -0.25) is 4.79 Å². The van der Waals surface area contributed by atoms with Gasteiger partial charge in [0.1, 0.15) is 5.75 Å². The number of rotatable bonds is 8. The lowest BCUT2D eigenvalue weighted by Gasteiger charge is -2.21. The average Bonchev–Trinajstić information content (AvgIpc) is 2.92. The molecule has 0 aromatic heterocycles. The SMILES string of the molecule is CC(C)(C)c1ccc(C(=Cc2ccc(C(=O)O)cc2)C(=O)Nc2ccc(OCC3CCCCC3)cc2)cc1. The number of ether oxygens (including phenoxy) is 1. The number of aromatic carboxylic acids is 1. The fourth-order valence-corrected chi connectivity index (χ4v) is 4.72. The zero-order valence-electron chi connectivity index (χ0n) is 22.5. The smallest absolute Gasteiger partial charge is 0.335 e. The summed E-state index contributed by atoms with van der Waals surface area (Å²) in [5, 5.41) is 12.2. The fraction of sp³-hybridized carbons (Fsp3) is 0.333. The summed E-state index contributed by atoms with van der Waals surface area (Å²) in [7, 11) is 0. The van der Waals surface area contributed by atoms with E-state index in [0.29, 0.717) is 17.2 Å². The Balaban J connectivity index is 1.52. The van der Waals surface area contributed by atoms with Crippen LogP contribution in [0, 0.1) is 5.92 Å². The number of anilines is 1. The lowest BCUT2D eigenvalue weighted by molar-refractivity contribution is -0.111. The molecule has 0 unspecified atom stereocenters. The van der Waals surface area contributed by atoms with Gasteiger partial charge >= 0.3 is 5.97 Å². The van der Waals surface area contributed by atoms with Gasteiger partial charge in [-0.15, -0.1) is 0 Å². The van der Waals surface area contributed by atoms with Crippen LogP contribution < -0.4 is 10.1 Å². The lowest BCUT2D eigenvalue weighted by Crippen LogP contribution is -2.15. The summed E-state index contributed by atoms with van der Waals surface area (Å²) in [6.07, 6.45) is 8.16. The molecule has 3 aromatic rings. The largest absolute Gasteiger partial charge is 0.493 e. The molecule has 0 spiro atoms. The van der Waals surface area contributed by atoms with Gasteiger partial charge in [-0.1, -0.05) is 76.4 Å². The van der Waals surface area contributed by atoms with Crippen LogP contribution in [-0.4, -0.2) is 23.6 Å². The molecule has 0 radical (unpaired) electrons. The normalized spacial score (nSPS) is 14.7. The summed E-state index contributed by atoms with van der Waals surface area (Å²) in [6, 6.07) is 22.0. The minimum atomic E-state index is -0.984. The molecule has 0 bridgehead atoms. The van der Waals surface area contributed by atoms with Crippen LogP contribution >= 0.6 is 0 Å². The molecule has 0 heterocycles. The number of amides is 1. The summed E-state index contributed by atoms with van der Waals surface area (Å²) < 4.78 is 6.00. The molecule has 0 atom stereocenters. The van der Waals surface area contributed by atoms with E-state index in [0.717, 1.165) is 23.5 Å². The predicted octanol–water partition coefficient (Wildman–Crippen LogP) is 7.82. The van der Waals surface area contributed by atoms with Crippen molar-refractivity contribution < 1.29 is 19.4 Å². The maximum atomic E-state index is 13.5. The van der Waals surface area contributed by atoms with Crippen molar-refractivity contribution in [2.45, 2.75) is 58.3 Å². The maximum Gasteiger partial charge on any atom is 0.335 e. The first-order chi connectivity index (χ1) is 18.2. The molecule has 1 aliphatic carbocycles. The summed E-state index contributed by atoms with van der Waals surface area (Å²) in [5.74, 6) is 0.208. The van der Waals surface area contributed by atoms with Crippen molar-refractivity contribution in [1.29, 1.82) is 0 Å². The number of carbonyl (C=O) groups is 2. The van der Waals surface area contributed by atoms with Gasteiger partial charge in [0.2, 0.25) is 0 Å². The number of carboxylic acids is 1. The number of hydrogen-bond donors (Lipinski definition) is 2. The van der Waals surface area contributed by atoms with Crippen molar-refractivity contribution in [2.24, 2.45) is 5.92 Å². The highest BCUT2D eigenvalue weighted by molar-refractivity contribution is 6.29. The number of hydrogen-bond acceptors (Lipinski definition) is 3. The second-order valence-corrected chi connectivity index (χ2v) is 11.1. The zero-order chi connectivity index (χ0) is 27.1. The number of nitrogens with one attached hydrogen (secondary N) is 1. The Morgan fingerprint density at radius 1 is 0.868 bits per heavy atom. The van der Waals surface area contributed by atoms with Crippen LogP contribution in [0.1, 0.15) is 79.9 Å². The van der Waals surface area contributed by atoms with Crippen molar-refractivity contribution in [3.63, 3.8) is 0 Å². The molecule has 4 rings (SSSR count). The first-order valence-electron chi connectivity index (χ1n) is 13.4. The van der Waals surface area contributed by atoms with Crippen LogP contribution in [-0.2, 0) is 10.2 Å². The summed E-state index contributed by atoms with van der Waals surface area (Å²) in [5.41, 5.74) is 4.07. The van der Waals surface area contributed by atoms with E-state index >= 15 is 0 Å². The van der Waals surface area contributed by atoms with Crippen molar-refractivity contribution in [2.75, 3.05) is 11.9 Å². The Morgan fingerprint density at radius 3 is 2.05 bits per heavy atom. The molecule has 1 amide bonds. The molecule has 5 nitrogen and oxygen atoms in total. The van der Waals surface area contributed by atoms with E-state index in [2.05, 4.69) is 26.1 Å². The predicted molar refractivity (Wildman–Crippen MR) is 154 cm³/mol. The van der Waals surface area contributed by atoms with E-state index in [4.69, 9.17) is 4.74 Å². The highest BCUT2D eigenvalue weighted by Crippen LogP contribution is 2.28. The van der Waals surface area contributed by atoms with Gasteiger partial charge in [0, 0.05) is 11.3 Å². The Bertz CT molecular complexity index is 1260. The average molecular weight is 512 g/mol. The quantitative estimate of drug-likeness (QED) is 0.239. The van der Waals surface area contributed by atoms with Crippen LogP contribution in [0.2, 0.25) is 0 Å². The van der Waals surface area contributed by atoms with E-state index in [1.165, 1.54) is 37.7 Å². The van der Waals surface area contributed by atoms with E-state index in [-0.39, 0.29) is 16.9 Å². The Kier molecular flexibility index (Phi) is 8.67. The fourth-order valence-electron chi connectivity index (χ4n) is 4.72. The third kappa shape index (κ3) is 7.34. The second-order valence-electron chi connectivity index (χ2n) is 11.1. The van der Waals surface area contributed by atoms with E-state index in [1.54, 1.807) is 30.3 Å². The van der Waals surface area contributed by atoms with Gasteiger partial charge < -0.3 is 15.2 Å². The Morgan fingerprint density at radius 2 is 1.47 bits per heavy atom. The molecule has 1 saturated carbocycles. The van der Waals surface area contributed by atoms with E-state index in [9.17, 15) is 14.7 Å². The topological polar surface area (TPSA) is 75.6 Å². The molecule has 5 heteroatoms. The molecule has 1 aliphatic rings. The van der Waals surface area contributed by atoms with Crippen LogP contribution in [0.25, 0.3) is 11.6 Å². The third-order valence-electron chi connectivity index (χ3n) is 7.10. The zero-order valence-corrected chi connectivity index (χ0v) is 22.5. The molecular weight excluding hydrogens is 474 g/mol. The van der Waals surface area contributed by atoms with Crippen LogP contribution in [0.5, 0.6) is 5.75 Å². The summed E-state index contributed by atoms with van der Waals surface area (Å²) in [4.78, 5) is 24.7. The van der Waals surface area contributed by atoms with E-state index < -0.39 is 5.97 Å². The molecular formula is C33H37NO4. The minimum absolute atomic E-state index is 0.00185. The Labute approximate surface area is 225 Å². The summed E-state index contributed by atoms with van der Waals surface area (Å²) in [6.45, 7) is 7.19. The molecule has 3 aromatic carbocycles.